The minimum absolute atomic E-state index is 0.308. The van der Waals surface area contributed by atoms with Crippen LogP contribution in [0.5, 0.6) is 11.6 Å². The predicted molar refractivity (Wildman–Crippen MR) is 97.1 cm³/mol. The molecule has 1 aromatic heterocycles. The second-order valence-corrected chi connectivity index (χ2v) is 5.57. The van der Waals surface area contributed by atoms with Crippen LogP contribution in [0.3, 0.4) is 0 Å². The minimum Gasteiger partial charge on any atom is -0.483 e. The summed E-state index contributed by atoms with van der Waals surface area (Å²) in [7, 11) is 1.33. The van der Waals surface area contributed by atoms with E-state index in [9.17, 15) is 4.79 Å². The van der Waals surface area contributed by atoms with E-state index in [1.807, 2.05) is 60.7 Å². The van der Waals surface area contributed by atoms with Crippen molar-refractivity contribution in [2.75, 3.05) is 7.11 Å². The van der Waals surface area contributed by atoms with Crippen LogP contribution >= 0.6 is 0 Å². The first-order chi connectivity index (χ1) is 12.8. The van der Waals surface area contributed by atoms with Gasteiger partial charge in [0, 0.05) is 12.3 Å². The van der Waals surface area contributed by atoms with Gasteiger partial charge in [-0.1, -0.05) is 60.7 Å². The fourth-order valence-electron chi connectivity index (χ4n) is 2.33. The van der Waals surface area contributed by atoms with Crippen LogP contribution in [0.15, 0.2) is 72.9 Å². The van der Waals surface area contributed by atoms with E-state index in [-0.39, 0.29) is 0 Å². The molecule has 2 aromatic carbocycles. The lowest BCUT2D eigenvalue weighted by molar-refractivity contribution is 0.0599. The molecule has 0 fully saturated rings. The number of hydrogen-bond donors (Lipinski definition) is 0. The van der Waals surface area contributed by atoms with Crippen molar-refractivity contribution >= 4 is 5.97 Å². The van der Waals surface area contributed by atoms with Gasteiger partial charge in [-0.3, -0.25) is 0 Å². The summed E-state index contributed by atoms with van der Waals surface area (Å²) in [4.78, 5) is 16.0. The van der Waals surface area contributed by atoms with Gasteiger partial charge < -0.3 is 14.2 Å². The zero-order valence-corrected chi connectivity index (χ0v) is 14.4. The van der Waals surface area contributed by atoms with Gasteiger partial charge in [0.2, 0.25) is 0 Å². The highest BCUT2D eigenvalue weighted by atomic mass is 16.5. The standard InChI is InChI=1S/C21H19NO4/c1-24-21(23)18-12-19(25-14-16-8-4-2-5-9-16)20(22-13-18)26-15-17-10-6-3-7-11-17/h2-13H,14-15H2,1H3. The normalized spacial score (nSPS) is 10.2. The Bertz CT molecular complexity index is 850. The number of aromatic nitrogens is 1. The summed E-state index contributed by atoms with van der Waals surface area (Å²) >= 11 is 0. The van der Waals surface area contributed by atoms with E-state index in [0.29, 0.717) is 30.4 Å². The Hall–Kier alpha value is -3.34. The first-order valence-electron chi connectivity index (χ1n) is 8.18. The van der Waals surface area contributed by atoms with Gasteiger partial charge in [0.25, 0.3) is 5.88 Å². The van der Waals surface area contributed by atoms with Crippen LogP contribution in [0.25, 0.3) is 0 Å². The monoisotopic (exact) mass is 349 g/mol. The molecule has 1 heterocycles. The Morgan fingerprint density at radius 1 is 0.885 bits per heavy atom. The maximum absolute atomic E-state index is 11.8. The van der Waals surface area contributed by atoms with Gasteiger partial charge >= 0.3 is 5.97 Å². The molecule has 0 N–H and O–H groups in total. The van der Waals surface area contributed by atoms with Crippen molar-refractivity contribution in [1.82, 2.24) is 4.98 Å². The minimum atomic E-state index is -0.475. The molecular formula is C21H19NO4. The summed E-state index contributed by atoms with van der Waals surface area (Å²) < 4.78 is 16.4. The summed E-state index contributed by atoms with van der Waals surface area (Å²) in [5, 5.41) is 0. The maximum Gasteiger partial charge on any atom is 0.339 e. The molecule has 0 amide bonds. The SMILES string of the molecule is COC(=O)c1cnc(OCc2ccccc2)c(OCc2ccccc2)c1. The Morgan fingerprint density at radius 3 is 2.04 bits per heavy atom. The number of carbonyl (C=O) groups is 1. The summed E-state index contributed by atoms with van der Waals surface area (Å²) in [5.74, 6) is 0.252. The molecule has 3 rings (SSSR count). The highest BCUT2D eigenvalue weighted by Gasteiger charge is 2.14. The number of benzene rings is 2. The molecule has 0 atom stereocenters. The van der Waals surface area contributed by atoms with Crippen LogP contribution in [-0.2, 0) is 18.0 Å². The van der Waals surface area contributed by atoms with Crippen molar-refractivity contribution < 1.29 is 19.0 Å². The fraction of sp³-hybridized carbons (Fsp3) is 0.143. The molecule has 3 aromatic rings. The molecule has 0 aliphatic rings. The van der Waals surface area contributed by atoms with E-state index >= 15 is 0 Å². The number of hydrogen-bond acceptors (Lipinski definition) is 5. The number of rotatable bonds is 7. The summed E-state index contributed by atoms with van der Waals surface area (Å²) in [6, 6.07) is 21.1. The van der Waals surface area contributed by atoms with Gasteiger partial charge in [-0.2, -0.15) is 0 Å². The Labute approximate surface area is 152 Å². The van der Waals surface area contributed by atoms with Crippen molar-refractivity contribution in [1.29, 1.82) is 0 Å². The lowest BCUT2D eigenvalue weighted by atomic mass is 10.2. The fourth-order valence-corrected chi connectivity index (χ4v) is 2.33. The van der Waals surface area contributed by atoms with Gasteiger partial charge in [-0.05, 0) is 11.1 Å². The molecule has 0 spiro atoms. The van der Waals surface area contributed by atoms with Crippen molar-refractivity contribution in [3.05, 3.63) is 89.6 Å². The number of pyridine rings is 1. The van der Waals surface area contributed by atoms with Crippen molar-refractivity contribution in [3.8, 4) is 11.6 Å². The molecule has 0 saturated heterocycles. The first kappa shape index (κ1) is 17.5. The van der Waals surface area contributed by atoms with Crippen molar-refractivity contribution in [2.45, 2.75) is 13.2 Å². The molecule has 5 heteroatoms. The van der Waals surface area contributed by atoms with Crippen LogP contribution in [0.1, 0.15) is 21.5 Å². The molecule has 0 unspecified atom stereocenters. The molecule has 5 nitrogen and oxygen atoms in total. The third kappa shape index (κ3) is 4.60. The van der Waals surface area contributed by atoms with Gasteiger partial charge in [-0.25, -0.2) is 9.78 Å². The van der Waals surface area contributed by atoms with Gasteiger partial charge in [0.1, 0.15) is 13.2 Å². The number of nitrogens with zero attached hydrogens (tertiary/aromatic N) is 1. The van der Waals surface area contributed by atoms with E-state index < -0.39 is 5.97 Å². The average molecular weight is 349 g/mol. The van der Waals surface area contributed by atoms with E-state index in [1.54, 1.807) is 6.07 Å². The predicted octanol–water partition coefficient (Wildman–Crippen LogP) is 4.03. The highest BCUT2D eigenvalue weighted by molar-refractivity contribution is 5.89. The smallest absolute Gasteiger partial charge is 0.339 e. The largest absolute Gasteiger partial charge is 0.483 e. The van der Waals surface area contributed by atoms with Crippen LogP contribution in [0.4, 0.5) is 0 Å². The van der Waals surface area contributed by atoms with Crippen LogP contribution in [-0.4, -0.2) is 18.1 Å². The lowest BCUT2D eigenvalue weighted by Gasteiger charge is -2.13. The van der Waals surface area contributed by atoms with Gasteiger partial charge in [0.15, 0.2) is 5.75 Å². The molecule has 0 radical (unpaired) electrons. The topological polar surface area (TPSA) is 57.7 Å². The summed E-state index contributed by atoms with van der Waals surface area (Å²) in [6.45, 7) is 0.696. The van der Waals surface area contributed by atoms with Gasteiger partial charge in [-0.15, -0.1) is 0 Å². The third-order valence-corrected chi connectivity index (χ3v) is 3.69. The second kappa shape index (κ2) is 8.67. The summed E-state index contributed by atoms with van der Waals surface area (Å²) in [6.07, 6.45) is 1.42. The van der Waals surface area contributed by atoms with Crippen molar-refractivity contribution in [3.63, 3.8) is 0 Å². The molecule has 26 heavy (non-hydrogen) atoms. The average Bonchev–Trinajstić information content (AvgIpc) is 2.72. The second-order valence-electron chi connectivity index (χ2n) is 5.57. The summed E-state index contributed by atoms with van der Waals surface area (Å²) in [5.41, 5.74) is 2.33. The van der Waals surface area contributed by atoms with Crippen LogP contribution in [0, 0.1) is 0 Å². The zero-order chi connectivity index (χ0) is 18.2. The number of ether oxygens (including phenoxy) is 3. The lowest BCUT2D eigenvalue weighted by Crippen LogP contribution is -2.06. The van der Waals surface area contributed by atoms with E-state index in [1.165, 1.54) is 13.3 Å². The molecular weight excluding hydrogens is 330 g/mol. The zero-order valence-electron chi connectivity index (χ0n) is 14.4. The molecule has 0 bridgehead atoms. The highest BCUT2D eigenvalue weighted by Crippen LogP contribution is 2.27. The molecule has 0 aliphatic carbocycles. The Balaban J connectivity index is 1.78. The van der Waals surface area contributed by atoms with E-state index in [4.69, 9.17) is 14.2 Å². The van der Waals surface area contributed by atoms with Crippen LogP contribution < -0.4 is 9.47 Å². The quantitative estimate of drug-likeness (QED) is 0.603. The van der Waals surface area contributed by atoms with E-state index in [0.717, 1.165) is 11.1 Å². The van der Waals surface area contributed by atoms with Gasteiger partial charge in [0.05, 0.1) is 12.7 Å². The number of carbonyl (C=O) groups excluding carboxylic acids is 1. The van der Waals surface area contributed by atoms with Crippen molar-refractivity contribution in [2.24, 2.45) is 0 Å². The number of esters is 1. The maximum atomic E-state index is 11.8. The Morgan fingerprint density at radius 2 is 1.46 bits per heavy atom. The molecule has 132 valence electrons. The third-order valence-electron chi connectivity index (χ3n) is 3.69. The van der Waals surface area contributed by atoms with E-state index in [2.05, 4.69) is 4.98 Å². The number of methoxy groups -OCH3 is 1. The molecule has 0 aliphatic heterocycles. The molecule has 0 saturated carbocycles. The van der Waals surface area contributed by atoms with Crippen LogP contribution in [0.2, 0.25) is 0 Å². The Kier molecular flexibility index (Phi) is 5.83. The first-order valence-corrected chi connectivity index (χ1v) is 8.18.